The summed E-state index contributed by atoms with van der Waals surface area (Å²) < 4.78 is 0. The molecule has 0 aromatic carbocycles. The first kappa shape index (κ1) is 16.0. The Morgan fingerprint density at radius 3 is 2.32 bits per heavy atom. The predicted molar refractivity (Wildman–Crippen MR) is 75.8 cm³/mol. The standard InChI is InChI=1S/C14H27N3O2/c1-12(18)17(10-5-9-16(2)3)11-8-15-14(19)13-6-4-7-13/h13H,4-11H2,1-3H3,(H,15,19). The van der Waals surface area contributed by atoms with Gasteiger partial charge in [-0.2, -0.15) is 0 Å². The number of hydrogen-bond donors (Lipinski definition) is 1. The zero-order valence-electron chi connectivity index (χ0n) is 12.4. The van der Waals surface area contributed by atoms with Crippen LogP contribution >= 0.6 is 0 Å². The summed E-state index contributed by atoms with van der Waals surface area (Å²) in [7, 11) is 4.05. The summed E-state index contributed by atoms with van der Waals surface area (Å²) in [6, 6.07) is 0. The van der Waals surface area contributed by atoms with E-state index in [1.165, 1.54) is 6.42 Å². The van der Waals surface area contributed by atoms with E-state index in [1.807, 2.05) is 19.0 Å². The van der Waals surface area contributed by atoms with Gasteiger partial charge in [-0.25, -0.2) is 0 Å². The smallest absolute Gasteiger partial charge is 0.223 e. The first-order chi connectivity index (χ1) is 9.00. The van der Waals surface area contributed by atoms with Gasteiger partial charge in [-0.15, -0.1) is 0 Å². The molecule has 0 heterocycles. The van der Waals surface area contributed by atoms with Crippen LogP contribution in [0.1, 0.15) is 32.6 Å². The highest BCUT2D eigenvalue weighted by Gasteiger charge is 2.24. The van der Waals surface area contributed by atoms with Crippen molar-refractivity contribution < 1.29 is 9.59 Å². The third-order valence-electron chi connectivity index (χ3n) is 3.64. The van der Waals surface area contributed by atoms with Crippen molar-refractivity contribution in [1.82, 2.24) is 15.1 Å². The maximum absolute atomic E-state index is 11.7. The highest BCUT2D eigenvalue weighted by molar-refractivity contribution is 5.79. The van der Waals surface area contributed by atoms with Crippen LogP contribution in [-0.4, -0.2) is 61.9 Å². The molecule has 0 atom stereocenters. The summed E-state index contributed by atoms with van der Waals surface area (Å²) in [6.07, 6.45) is 4.17. The van der Waals surface area contributed by atoms with Crippen LogP contribution in [0.15, 0.2) is 0 Å². The van der Waals surface area contributed by atoms with Crippen molar-refractivity contribution in [1.29, 1.82) is 0 Å². The van der Waals surface area contributed by atoms with Crippen molar-refractivity contribution in [3.8, 4) is 0 Å². The van der Waals surface area contributed by atoms with Crippen molar-refractivity contribution in [3.63, 3.8) is 0 Å². The van der Waals surface area contributed by atoms with Crippen LogP contribution in [0.4, 0.5) is 0 Å². The average Bonchev–Trinajstić information content (AvgIpc) is 2.23. The van der Waals surface area contributed by atoms with Crippen LogP contribution in [0, 0.1) is 5.92 Å². The van der Waals surface area contributed by atoms with Gasteiger partial charge >= 0.3 is 0 Å². The van der Waals surface area contributed by atoms with E-state index in [1.54, 1.807) is 6.92 Å². The monoisotopic (exact) mass is 269 g/mol. The first-order valence-electron chi connectivity index (χ1n) is 7.18. The molecule has 0 saturated heterocycles. The van der Waals surface area contributed by atoms with Crippen LogP contribution in [0.5, 0.6) is 0 Å². The fourth-order valence-electron chi connectivity index (χ4n) is 2.13. The van der Waals surface area contributed by atoms with Crippen LogP contribution in [-0.2, 0) is 9.59 Å². The summed E-state index contributed by atoms with van der Waals surface area (Å²) in [5, 5.41) is 2.93. The van der Waals surface area contributed by atoms with Gasteiger partial charge in [0.05, 0.1) is 0 Å². The Balaban J connectivity index is 2.17. The molecule has 0 unspecified atom stereocenters. The topological polar surface area (TPSA) is 52.7 Å². The molecule has 0 aromatic rings. The molecule has 1 saturated carbocycles. The van der Waals surface area contributed by atoms with Crippen molar-refractivity contribution >= 4 is 11.8 Å². The number of carbonyl (C=O) groups is 2. The quantitative estimate of drug-likeness (QED) is 0.706. The molecule has 0 radical (unpaired) electrons. The Morgan fingerprint density at radius 1 is 1.16 bits per heavy atom. The van der Waals surface area contributed by atoms with Gasteiger partial charge in [0.15, 0.2) is 0 Å². The van der Waals surface area contributed by atoms with E-state index < -0.39 is 0 Å². The van der Waals surface area contributed by atoms with Gasteiger partial charge < -0.3 is 15.1 Å². The Morgan fingerprint density at radius 2 is 1.84 bits per heavy atom. The first-order valence-corrected chi connectivity index (χ1v) is 7.18. The lowest BCUT2D eigenvalue weighted by Gasteiger charge is -2.26. The Labute approximate surface area is 116 Å². The average molecular weight is 269 g/mol. The van der Waals surface area contributed by atoms with E-state index >= 15 is 0 Å². The molecule has 0 bridgehead atoms. The van der Waals surface area contributed by atoms with Crippen molar-refractivity contribution in [3.05, 3.63) is 0 Å². The molecule has 0 aliphatic heterocycles. The maximum atomic E-state index is 11.7. The molecule has 0 spiro atoms. The molecule has 1 aliphatic carbocycles. The second-order valence-electron chi connectivity index (χ2n) is 5.58. The maximum Gasteiger partial charge on any atom is 0.223 e. The zero-order valence-corrected chi connectivity index (χ0v) is 12.4. The fourth-order valence-corrected chi connectivity index (χ4v) is 2.13. The molecule has 1 rings (SSSR count). The molecule has 1 fully saturated rings. The van der Waals surface area contributed by atoms with Crippen LogP contribution in [0.3, 0.4) is 0 Å². The molecule has 1 aliphatic rings. The minimum Gasteiger partial charge on any atom is -0.354 e. The van der Waals surface area contributed by atoms with E-state index in [0.29, 0.717) is 13.1 Å². The zero-order chi connectivity index (χ0) is 14.3. The molecule has 2 amide bonds. The number of nitrogens with zero attached hydrogens (tertiary/aromatic N) is 2. The van der Waals surface area contributed by atoms with Gasteiger partial charge in [-0.1, -0.05) is 6.42 Å². The van der Waals surface area contributed by atoms with E-state index in [4.69, 9.17) is 0 Å². The highest BCUT2D eigenvalue weighted by Crippen LogP contribution is 2.25. The number of rotatable bonds is 8. The molecule has 110 valence electrons. The highest BCUT2D eigenvalue weighted by atomic mass is 16.2. The molecule has 19 heavy (non-hydrogen) atoms. The van der Waals surface area contributed by atoms with E-state index in [0.717, 1.165) is 32.4 Å². The number of carbonyl (C=O) groups excluding carboxylic acids is 2. The molecular formula is C14H27N3O2. The SMILES string of the molecule is CC(=O)N(CCCN(C)C)CCNC(=O)C1CCC1. The normalized spacial score (nSPS) is 15.2. The van der Waals surface area contributed by atoms with Crippen molar-refractivity contribution in [2.45, 2.75) is 32.6 Å². The van der Waals surface area contributed by atoms with Crippen molar-refractivity contribution in [2.24, 2.45) is 5.92 Å². The summed E-state index contributed by atoms with van der Waals surface area (Å²) in [4.78, 5) is 27.1. The van der Waals surface area contributed by atoms with Crippen LogP contribution in [0.2, 0.25) is 0 Å². The number of hydrogen-bond acceptors (Lipinski definition) is 3. The van der Waals surface area contributed by atoms with E-state index in [-0.39, 0.29) is 17.7 Å². The van der Waals surface area contributed by atoms with Gasteiger partial charge in [0.1, 0.15) is 0 Å². The molecule has 5 nitrogen and oxygen atoms in total. The van der Waals surface area contributed by atoms with Crippen LogP contribution in [0.25, 0.3) is 0 Å². The fraction of sp³-hybridized carbons (Fsp3) is 0.857. The summed E-state index contributed by atoms with van der Waals surface area (Å²) >= 11 is 0. The largest absolute Gasteiger partial charge is 0.354 e. The minimum absolute atomic E-state index is 0.0802. The third kappa shape index (κ3) is 6.05. The second kappa shape index (κ2) is 8.15. The van der Waals surface area contributed by atoms with Gasteiger partial charge in [0.25, 0.3) is 0 Å². The lowest BCUT2D eigenvalue weighted by Crippen LogP contribution is -2.41. The summed E-state index contributed by atoms with van der Waals surface area (Å²) in [6.45, 7) is 4.49. The van der Waals surface area contributed by atoms with E-state index in [9.17, 15) is 9.59 Å². The van der Waals surface area contributed by atoms with Crippen LogP contribution < -0.4 is 5.32 Å². The van der Waals surface area contributed by atoms with Gasteiger partial charge in [0.2, 0.25) is 11.8 Å². The van der Waals surface area contributed by atoms with Gasteiger partial charge in [0, 0.05) is 32.5 Å². The molecule has 0 aromatic heterocycles. The van der Waals surface area contributed by atoms with Crippen molar-refractivity contribution in [2.75, 3.05) is 40.3 Å². The third-order valence-corrected chi connectivity index (χ3v) is 3.64. The van der Waals surface area contributed by atoms with E-state index in [2.05, 4.69) is 10.2 Å². The lowest BCUT2D eigenvalue weighted by atomic mass is 9.85. The molecule has 5 heteroatoms. The second-order valence-corrected chi connectivity index (χ2v) is 5.58. The Bertz CT molecular complexity index is 301. The van der Waals surface area contributed by atoms with Gasteiger partial charge in [-0.3, -0.25) is 9.59 Å². The summed E-state index contributed by atoms with van der Waals surface area (Å²) in [5.74, 6) is 0.458. The Hall–Kier alpha value is -1.10. The van der Waals surface area contributed by atoms with Gasteiger partial charge in [-0.05, 0) is 39.9 Å². The Kier molecular flexibility index (Phi) is 6.84. The number of amides is 2. The predicted octanol–water partition coefficient (Wildman–Crippen LogP) is 0.703. The minimum atomic E-state index is 0.0802. The lowest BCUT2D eigenvalue weighted by molar-refractivity contribution is -0.130. The molecular weight excluding hydrogens is 242 g/mol. The number of nitrogens with one attached hydrogen (secondary N) is 1. The molecule has 1 N–H and O–H groups in total. The summed E-state index contributed by atoms with van der Waals surface area (Å²) in [5.41, 5.74) is 0.